The fourth-order valence-electron chi connectivity index (χ4n) is 2.26. The molecule has 0 saturated heterocycles. The lowest BCUT2D eigenvalue weighted by Crippen LogP contribution is -2.54. The molecule has 0 spiro atoms. The molecule has 3 N–H and O–H groups in total. The molecule has 0 unspecified atom stereocenters. The Morgan fingerprint density at radius 2 is 2.25 bits per heavy atom. The van der Waals surface area contributed by atoms with E-state index in [0.29, 0.717) is 24.0 Å². The molecular weight excluding hydrogens is 204 g/mol. The highest BCUT2D eigenvalue weighted by molar-refractivity contribution is 5.83. The number of carboxylic acid groups (broad SMARTS) is 1. The molecular formula is C12H12N2O2. The fraction of sp³-hybridized carbons (Fsp3) is 0.333. The maximum atomic E-state index is 11.3. The average Bonchev–Trinajstić information content (AvgIpc) is 2.24. The maximum Gasteiger partial charge on any atom is 0.314 e. The first-order valence-corrected chi connectivity index (χ1v) is 5.08. The molecule has 4 nitrogen and oxygen atoms in total. The number of carbonyl (C=O) groups is 1. The second-order valence-electron chi connectivity index (χ2n) is 4.25. The van der Waals surface area contributed by atoms with Gasteiger partial charge in [0.1, 0.15) is 0 Å². The first kappa shape index (κ1) is 10.7. The van der Waals surface area contributed by atoms with E-state index in [-0.39, 0.29) is 6.04 Å². The number of benzene rings is 1. The second kappa shape index (κ2) is 3.62. The number of nitriles is 1. The Morgan fingerprint density at radius 3 is 2.75 bits per heavy atom. The monoisotopic (exact) mass is 216 g/mol. The highest BCUT2D eigenvalue weighted by Gasteiger charge is 2.50. The summed E-state index contributed by atoms with van der Waals surface area (Å²) in [4.78, 5) is 11.3. The second-order valence-corrected chi connectivity index (χ2v) is 4.25. The van der Waals surface area contributed by atoms with Crippen LogP contribution in [0.2, 0.25) is 0 Å². The molecule has 2 rings (SSSR count). The van der Waals surface area contributed by atoms with Crippen LogP contribution in [0.15, 0.2) is 24.3 Å². The number of rotatable bonds is 2. The fourth-order valence-corrected chi connectivity index (χ4v) is 2.26. The largest absolute Gasteiger partial charge is 0.481 e. The van der Waals surface area contributed by atoms with E-state index < -0.39 is 11.4 Å². The van der Waals surface area contributed by atoms with Crippen LogP contribution >= 0.6 is 0 Å². The van der Waals surface area contributed by atoms with Crippen molar-refractivity contribution in [2.45, 2.75) is 24.3 Å². The van der Waals surface area contributed by atoms with E-state index in [4.69, 9.17) is 11.0 Å². The molecule has 0 aliphatic heterocycles. The number of carboxylic acids is 1. The molecule has 0 radical (unpaired) electrons. The van der Waals surface area contributed by atoms with Crippen molar-refractivity contribution in [3.8, 4) is 6.07 Å². The van der Waals surface area contributed by atoms with Gasteiger partial charge in [-0.1, -0.05) is 12.1 Å². The van der Waals surface area contributed by atoms with Crippen molar-refractivity contribution in [2.75, 3.05) is 0 Å². The third-order valence-electron chi connectivity index (χ3n) is 3.17. The zero-order valence-corrected chi connectivity index (χ0v) is 8.68. The first-order chi connectivity index (χ1) is 7.58. The molecule has 1 fully saturated rings. The van der Waals surface area contributed by atoms with E-state index in [9.17, 15) is 9.90 Å². The van der Waals surface area contributed by atoms with Crippen molar-refractivity contribution in [3.05, 3.63) is 35.4 Å². The van der Waals surface area contributed by atoms with E-state index in [1.807, 2.05) is 6.07 Å². The summed E-state index contributed by atoms with van der Waals surface area (Å²) in [5.41, 5.74) is 5.95. The number of nitrogens with two attached hydrogens (primary N) is 1. The zero-order chi connectivity index (χ0) is 11.8. The highest BCUT2D eigenvalue weighted by atomic mass is 16.4. The molecule has 0 aromatic heterocycles. The number of aliphatic carboxylic acids is 1. The van der Waals surface area contributed by atoms with Crippen LogP contribution < -0.4 is 5.73 Å². The smallest absolute Gasteiger partial charge is 0.314 e. The van der Waals surface area contributed by atoms with Gasteiger partial charge in [-0.05, 0) is 30.5 Å². The van der Waals surface area contributed by atoms with Gasteiger partial charge < -0.3 is 10.8 Å². The Labute approximate surface area is 93.3 Å². The predicted octanol–water partition coefficient (Wildman–Crippen LogP) is 1.00. The maximum absolute atomic E-state index is 11.3. The molecule has 16 heavy (non-hydrogen) atoms. The summed E-state index contributed by atoms with van der Waals surface area (Å²) in [6.07, 6.45) is 0.883. The Bertz CT molecular complexity index is 470. The minimum atomic E-state index is -0.883. The summed E-state index contributed by atoms with van der Waals surface area (Å²) in [6, 6.07) is 8.72. The molecule has 82 valence electrons. The summed E-state index contributed by atoms with van der Waals surface area (Å²) in [5, 5.41) is 18.1. The van der Waals surface area contributed by atoms with Crippen LogP contribution in [0.1, 0.15) is 24.0 Å². The van der Waals surface area contributed by atoms with Gasteiger partial charge in [0.2, 0.25) is 0 Å². The zero-order valence-electron chi connectivity index (χ0n) is 8.68. The molecule has 0 atom stereocenters. The Kier molecular flexibility index (Phi) is 2.41. The van der Waals surface area contributed by atoms with Crippen LogP contribution in [-0.4, -0.2) is 17.1 Å². The average molecular weight is 216 g/mol. The summed E-state index contributed by atoms with van der Waals surface area (Å²) in [6.45, 7) is 0. The lowest BCUT2D eigenvalue weighted by atomic mass is 9.62. The van der Waals surface area contributed by atoms with Gasteiger partial charge in [-0.25, -0.2) is 0 Å². The molecule has 1 saturated carbocycles. The van der Waals surface area contributed by atoms with Crippen molar-refractivity contribution in [3.63, 3.8) is 0 Å². The topological polar surface area (TPSA) is 87.1 Å². The van der Waals surface area contributed by atoms with Gasteiger partial charge in [0.05, 0.1) is 17.0 Å². The predicted molar refractivity (Wildman–Crippen MR) is 57.7 cm³/mol. The molecule has 4 heteroatoms. The molecule has 0 heterocycles. The van der Waals surface area contributed by atoms with Crippen LogP contribution in [0, 0.1) is 11.3 Å². The molecule has 1 aliphatic carbocycles. The Hall–Kier alpha value is -1.86. The summed E-state index contributed by atoms with van der Waals surface area (Å²) < 4.78 is 0. The van der Waals surface area contributed by atoms with Crippen molar-refractivity contribution in [1.29, 1.82) is 5.26 Å². The third kappa shape index (κ3) is 1.46. The van der Waals surface area contributed by atoms with Gasteiger partial charge in [0.15, 0.2) is 0 Å². The standard InChI is InChI=1S/C12H12N2O2/c13-7-8-2-1-3-9(4-8)12(11(15)16)5-10(14)6-12/h1-4,10H,5-6,14H2,(H,15,16). The Balaban J connectivity index is 2.42. The summed E-state index contributed by atoms with van der Waals surface area (Å²) in [7, 11) is 0. The van der Waals surface area contributed by atoms with Gasteiger partial charge in [-0.15, -0.1) is 0 Å². The molecule has 1 aromatic carbocycles. The number of nitrogens with zero attached hydrogens (tertiary/aromatic N) is 1. The van der Waals surface area contributed by atoms with Crippen LogP contribution in [0.4, 0.5) is 0 Å². The SMILES string of the molecule is N#Cc1cccc(C2(C(=O)O)CC(N)C2)c1. The van der Waals surface area contributed by atoms with E-state index in [1.165, 1.54) is 0 Å². The van der Waals surface area contributed by atoms with E-state index in [1.54, 1.807) is 24.3 Å². The van der Waals surface area contributed by atoms with Crippen LogP contribution in [-0.2, 0) is 10.2 Å². The Morgan fingerprint density at radius 1 is 1.56 bits per heavy atom. The van der Waals surface area contributed by atoms with Crippen molar-refractivity contribution in [2.24, 2.45) is 5.73 Å². The molecule has 0 amide bonds. The summed E-state index contributed by atoms with van der Waals surface area (Å²) >= 11 is 0. The van der Waals surface area contributed by atoms with Crippen LogP contribution in [0.3, 0.4) is 0 Å². The van der Waals surface area contributed by atoms with Gasteiger partial charge in [-0.2, -0.15) is 5.26 Å². The van der Waals surface area contributed by atoms with Gasteiger partial charge in [0.25, 0.3) is 0 Å². The van der Waals surface area contributed by atoms with Gasteiger partial charge in [0, 0.05) is 6.04 Å². The minimum Gasteiger partial charge on any atom is -0.481 e. The van der Waals surface area contributed by atoms with E-state index >= 15 is 0 Å². The van der Waals surface area contributed by atoms with Crippen molar-refractivity contribution < 1.29 is 9.90 Å². The minimum absolute atomic E-state index is 0.0539. The third-order valence-corrected chi connectivity index (χ3v) is 3.17. The quantitative estimate of drug-likeness (QED) is 0.772. The van der Waals surface area contributed by atoms with Gasteiger partial charge >= 0.3 is 5.97 Å². The molecule has 1 aliphatic rings. The van der Waals surface area contributed by atoms with Gasteiger partial charge in [-0.3, -0.25) is 4.79 Å². The van der Waals surface area contributed by atoms with E-state index in [0.717, 1.165) is 0 Å². The van der Waals surface area contributed by atoms with Crippen molar-refractivity contribution >= 4 is 5.97 Å². The lowest BCUT2D eigenvalue weighted by molar-refractivity contribution is -0.148. The first-order valence-electron chi connectivity index (χ1n) is 5.08. The lowest BCUT2D eigenvalue weighted by Gasteiger charge is -2.43. The number of hydrogen-bond acceptors (Lipinski definition) is 3. The molecule has 1 aromatic rings. The molecule has 0 bridgehead atoms. The van der Waals surface area contributed by atoms with E-state index in [2.05, 4.69) is 0 Å². The highest BCUT2D eigenvalue weighted by Crippen LogP contribution is 2.43. The van der Waals surface area contributed by atoms with Crippen molar-refractivity contribution in [1.82, 2.24) is 0 Å². The van der Waals surface area contributed by atoms with Crippen LogP contribution in [0.5, 0.6) is 0 Å². The number of hydrogen-bond donors (Lipinski definition) is 2. The summed E-state index contributed by atoms with van der Waals surface area (Å²) in [5.74, 6) is -0.857. The van der Waals surface area contributed by atoms with Crippen LogP contribution in [0.25, 0.3) is 0 Å². The normalized spacial score (nSPS) is 27.9.